The Bertz CT molecular complexity index is 1300. The molecular formula is C20H12FN3O3S. The summed E-state index contributed by atoms with van der Waals surface area (Å²) in [6.45, 7) is 1.87. The van der Waals surface area contributed by atoms with E-state index < -0.39 is 17.8 Å². The minimum absolute atomic E-state index is 0.0502. The van der Waals surface area contributed by atoms with Crippen LogP contribution in [0, 0.1) is 12.7 Å². The minimum Gasteiger partial charge on any atom is -0.450 e. The number of hydrogen-bond donors (Lipinski definition) is 0. The molecule has 0 saturated carbocycles. The average Bonchev–Trinajstić information content (AvgIpc) is 3.29. The van der Waals surface area contributed by atoms with E-state index >= 15 is 0 Å². The van der Waals surface area contributed by atoms with Crippen molar-refractivity contribution in [3.8, 4) is 0 Å². The lowest BCUT2D eigenvalue weighted by Gasteiger charge is -2.22. The fraction of sp³-hybridized carbons (Fsp3) is 0.100. The van der Waals surface area contributed by atoms with E-state index in [0.717, 1.165) is 16.9 Å². The third-order valence-electron chi connectivity index (χ3n) is 4.74. The molecule has 0 saturated heterocycles. The maximum absolute atomic E-state index is 13.9. The zero-order valence-electron chi connectivity index (χ0n) is 14.5. The Balaban J connectivity index is 1.85. The fourth-order valence-electron chi connectivity index (χ4n) is 3.55. The molecule has 0 N–H and O–H groups in total. The number of rotatable bonds is 2. The van der Waals surface area contributed by atoms with E-state index in [4.69, 9.17) is 4.42 Å². The first-order valence-corrected chi connectivity index (χ1v) is 9.35. The minimum atomic E-state index is -0.840. The molecule has 1 unspecified atom stereocenters. The molecule has 4 aromatic rings. The normalized spacial score (nSPS) is 16.0. The number of carbonyl (C=O) groups excluding carboxylic acids is 1. The molecule has 1 amide bonds. The van der Waals surface area contributed by atoms with E-state index in [2.05, 4.69) is 10.2 Å². The standard InChI is InChI=1S/C20H12FN3O3S/c1-10-5-6-14-13(7-10)17(25)15-16(11-3-2-4-12(21)8-11)24(19(26)18(15)27-14)20-23-22-9-28-20/h2-9,16H,1H3. The Kier molecular flexibility index (Phi) is 3.63. The molecule has 2 aromatic heterocycles. The number of nitrogens with zero attached hydrogens (tertiary/aromatic N) is 3. The summed E-state index contributed by atoms with van der Waals surface area (Å²) < 4.78 is 19.8. The third kappa shape index (κ3) is 2.38. The Morgan fingerprint density at radius 2 is 2.04 bits per heavy atom. The summed E-state index contributed by atoms with van der Waals surface area (Å²) in [6.07, 6.45) is 0. The van der Waals surface area contributed by atoms with Crippen LogP contribution in [0.25, 0.3) is 11.0 Å². The summed E-state index contributed by atoms with van der Waals surface area (Å²) in [5, 5.41) is 8.46. The van der Waals surface area contributed by atoms with Crippen LogP contribution in [0.1, 0.15) is 33.3 Å². The monoisotopic (exact) mass is 393 g/mol. The summed E-state index contributed by atoms with van der Waals surface area (Å²) in [5.41, 5.74) is 3.05. The van der Waals surface area contributed by atoms with Crippen LogP contribution in [-0.2, 0) is 0 Å². The van der Waals surface area contributed by atoms with Crippen LogP contribution in [0.2, 0.25) is 0 Å². The maximum Gasteiger partial charge on any atom is 0.297 e. The van der Waals surface area contributed by atoms with Crippen molar-refractivity contribution < 1.29 is 13.6 Å². The van der Waals surface area contributed by atoms with E-state index in [9.17, 15) is 14.0 Å². The first-order chi connectivity index (χ1) is 13.5. The molecule has 8 heteroatoms. The molecule has 28 heavy (non-hydrogen) atoms. The van der Waals surface area contributed by atoms with Crippen LogP contribution in [0.5, 0.6) is 0 Å². The highest BCUT2D eigenvalue weighted by Gasteiger charge is 2.45. The number of benzene rings is 2. The van der Waals surface area contributed by atoms with Crippen molar-refractivity contribution >= 4 is 33.3 Å². The van der Waals surface area contributed by atoms with Crippen LogP contribution in [0.4, 0.5) is 9.52 Å². The highest BCUT2D eigenvalue weighted by Crippen LogP contribution is 2.41. The molecule has 1 atom stereocenters. The molecule has 0 aliphatic carbocycles. The Morgan fingerprint density at radius 3 is 2.79 bits per heavy atom. The summed E-state index contributed by atoms with van der Waals surface area (Å²) in [4.78, 5) is 27.8. The van der Waals surface area contributed by atoms with Crippen LogP contribution < -0.4 is 10.3 Å². The van der Waals surface area contributed by atoms with Gasteiger partial charge < -0.3 is 4.42 Å². The molecule has 5 rings (SSSR count). The zero-order chi connectivity index (χ0) is 19.4. The second-order valence-electron chi connectivity index (χ2n) is 6.53. The van der Waals surface area contributed by atoms with Crippen LogP contribution >= 0.6 is 11.3 Å². The van der Waals surface area contributed by atoms with Gasteiger partial charge in [0.2, 0.25) is 10.9 Å². The van der Waals surface area contributed by atoms with Crippen molar-refractivity contribution in [3.63, 3.8) is 0 Å². The van der Waals surface area contributed by atoms with Gasteiger partial charge in [-0.2, -0.15) is 0 Å². The lowest BCUT2D eigenvalue weighted by atomic mass is 9.98. The van der Waals surface area contributed by atoms with Crippen molar-refractivity contribution in [2.24, 2.45) is 0 Å². The van der Waals surface area contributed by atoms with Gasteiger partial charge in [0.15, 0.2) is 5.43 Å². The number of aromatic nitrogens is 2. The Morgan fingerprint density at radius 1 is 1.18 bits per heavy atom. The van der Waals surface area contributed by atoms with Crippen LogP contribution in [0.3, 0.4) is 0 Å². The summed E-state index contributed by atoms with van der Waals surface area (Å²) in [7, 11) is 0. The number of fused-ring (bicyclic) bond motifs is 2. The molecule has 1 aliphatic rings. The number of carbonyl (C=O) groups is 1. The lowest BCUT2D eigenvalue weighted by Crippen LogP contribution is -2.29. The van der Waals surface area contributed by atoms with E-state index in [-0.39, 0.29) is 16.8 Å². The van der Waals surface area contributed by atoms with E-state index in [0.29, 0.717) is 21.7 Å². The molecule has 3 heterocycles. The van der Waals surface area contributed by atoms with Gasteiger partial charge in [-0.05, 0) is 36.8 Å². The molecule has 0 spiro atoms. The summed E-state index contributed by atoms with van der Waals surface area (Å²) in [6, 6.07) is 10.2. The zero-order valence-corrected chi connectivity index (χ0v) is 15.4. The second kappa shape index (κ2) is 6.07. The Labute approximate surface area is 161 Å². The number of anilines is 1. The van der Waals surface area contributed by atoms with Crippen LogP contribution in [0.15, 0.2) is 57.2 Å². The third-order valence-corrected chi connectivity index (χ3v) is 5.43. The largest absolute Gasteiger partial charge is 0.450 e. The van der Waals surface area contributed by atoms with E-state index in [1.807, 2.05) is 13.0 Å². The molecule has 0 fully saturated rings. The predicted octanol–water partition coefficient (Wildman–Crippen LogP) is 3.84. The van der Waals surface area contributed by atoms with Gasteiger partial charge >= 0.3 is 0 Å². The Hall–Kier alpha value is -3.39. The molecular weight excluding hydrogens is 381 g/mol. The molecule has 138 valence electrons. The molecule has 0 radical (unpaired) electrons. The van der Waals surface area contributed by atoms with E-state index in [1.54, 1.807) is 18.2 Å². The van der Waals surface area contributed by atoms with Crippen molar-refractivity contribution in [3.05, 3.63) is 86.5 Å². The first-order valence-electron chi connectivity index (χ1n) is 8.47. The van der Waals surface area contributed by atoms with Gasteiger partial charge in [-0.15, -0.1) is 10.2 Å². The van der Waals surface area contributed by atoms with Gasteiger partial charge in [-0.3, -0.25) is 14.5 Å². The van der Waals surface area contributed by atoms with E-state index in [1.165, 1.54) is 28.6 Å². The van der Waals surface area contributed by atoms with Crippen molar-refractivity contribution in [2.75, 3.05) is 4.90 Å². The van der Waals surface area contributed by atoms with Crippen molar-refractivity contribution in [1.82, 2.24) is 10.2 Å². The molecule has 0 bridgehead atoms. The van der Waals surface area contributed by atoms with Crippen molar-refractivity contribution in [1.29, 1.82) is 0 Å². The van der Waals surface area contributed by atoms with Gasteiger partial charge in [-0.25, -0.2) is 4.39 Å². The molecule has 2 aromatic carbocycles. The smallest absolute Gasteiger partial charge is 0.297 e. The van der Waals surface area contributed by atoms with Gasteiger partial charge in [0.05, 0.1) is 17.0 Å². The highest BCUT2D eigenvalue weighted by molar-refractivity contribution is 7.13. The van der Waals surface area contributed by atoms with Crippen molar-refractivity contribution in [2.45, 2.75) is 13.0 Å². The average molecular weight is 393 g/mol. The SMILES string of the molecule is Cc1ccc2oc3c(c(=O)c2c1)C(c1cccc(F)c1)N(c1nncs1)C3=O. The van der Waals surface area contributed by atoms with Gasteiger partial charge in [-0.1, -0.05) is 35.1 Å². The maximum atomic E-state index is 13.9. The summed E-state index contributed by atoms with van der Waals surface area (Å²) in [5.74, 6) is -1.01. The topological polar surface area (TPSA) is 76.3 Å². The number of amides is 1. The molecule has 6 nitrogen and oxygen atoms in total. The second-order valence-corrected chi connectivity index (χ2v) is 7.34. The quantitative estimate of drug-likeness (QED) is 0.517. The first kappa shape index (κ1) is 16.8. The summed E-state index contributed by atoms with van der Waals surface area (Å²) >= 11 is 1.16. The lowest BCUT2D eigenvalue weighted by molar-refractivity contribution is 0.0970. The van der Waals surface area contributed by atoms with Gasteiger partial charge in [0.1, 0.15) is 16.9 Å². The number of halogens is 1. The highest BCUT2D eigenvalue weighted by atomic mass is 32.1. The van der Waals surface area contributed by atoms with Crippen LogP contribution in [-0.4, -0.2) is 16.1 Å². The predicted molar refractivity (Wildman–Crippen MR) is 102 cm³/mol. The van der Waals surface area contributed by atoms with Gasteiger partial charge in [0, 0.05) is 0 Å². The van der Waals surface area contributed by atoms with Gasteiger partial charge in [0.25, 0.3) is 5.91 Å². The molecule has 1 aliphatic heterocycles. The number of aryl methyl sites for hydroxylation is 1. The fourth-order valence-corrected chi connectivity index (χ4v) is 4.13. The number of hydrogen-bond acceptors (Lipinski definition) is 6.